The summed E-state index contributed by atoms with van der Waals surface area (Å²) >= 11 is 9.27. The maximum Gasteiger partial charge on any atom is 0.143 e. The van der Waals surface area contributed by atoms with E-state index < -0.39 is 0 Å². The Bertz CT molecular complexity index is 599. The molecule has 0 saturated carbocycles. The minimum atomic E-state index is -0.319. The van der Waals surface area contributed by atoms with Gasteiger partial charge in [0, 0.05) is 5.02 Å². The van der Waals surface area contributed by atoms with E-state index in [4.69, 9.17) is 16.3 Å². The van der Waals surface area contributed by atoms with Crippen LogP contribution in [-0.2, 0) is 0 Å². The van der Waals surface area contributed by atoms with Crippen molar-refractivity contribution in [2.45, 2.75) is 6.92 Å². The molecule has 0 heterocycles. The fourth-order valence-corrected chi connectivity index (χ4v) is 2.61. The zero-order chi connectivity index (χ0) is 13.3. The standard InChI is InChI=1S/C14H11BrClFO/c1-8-7-9(16)3-4-10(8)13-12(17)6-5-11(15)14(13)18-2/h3-7H,1-2H3. The fourth-order valence-electron chi connectivity index (χ4n) is 1.89. The number of halogens is 3. The highest BCUT2D eigenvalue weighted by molar-refractivity contribution is 9.10. The van der Waals surface area contributed by atoms with Crippen LogP contribution in [0.4, 0.5) is 4.39 Å². The highest BCUT2D eigenvalue weighted by Gasteiger charge is 2.16. The van der Waals surface area contributed by atoms with E-state index in [0.717, 1.165) is 15.6 Å². The summed E-state index contributed by atoms with van der Waals surface area (Å²) in [4.78, 5) is 0. The molecule has 18 heavy (non-hydrogen) atoms. The molecule has 2 rings (SSSR count). The number of ether oxygens (including phenoxy) is 1. The van der Waals surface area contributed by atoms with Gasteiger partial charge in [-0.1, -0.05) is 17.7 Å². The Balaban J connectivity index is 2.74. The maximum absolute atomic E-state index is 14.0. The summed E-state index contributed by atoms with van der Waals surface area (Å²) in [6.07, 6.45) is 0. The number of hydrogen-bond acceptors (Lipinski definition) is 1. The van der Waals surface area contributed by atoms with Gasteiger partial charge in [-0.05, 0) is 58.2 Å². The van der Waals surface area contributed by atoms with E-state index in [-0.39, 0.29) is 5.82 Å². The topological polar surface area (TPSA) is 9.23 Å². The Labute approximate surface area is 119 Å². The van der Waals surface area contributed by atoms with Gasteiger partial charge in [0.15, 0.2) is 0 Å². The highest BCUT2D eigenvalue weighted by Crippen LogP contribution is 2.40. The van der Waals surface area contributed by atoms with Crippen LogP contribution >= 0.6 is 27.5 Å². The van der Waals surface area contributed by atoms with E-state index in [1.54, 1.807) is 24.3 Å². The maximum atomic E-state index is 14.0. The number of methoxy groups -OCH3 is 1. The normalized spacial score (nSPS) is 10.5. The highest BCUT2D eigenvalue weighted by atomic mass is 79.9. The van der Waals surface area contributed by atoms with E-state index in [1.807, 2.05) is 6.92 Å². The second kappa shape index (κ2) is 5.29. The van der Waals surface area contributed by atoms with Gasteiger partial charge in [-0.2, -0.15) is 0 Å². The van der Waals surface area contributed by atoms with E-state index in [0.29, 0.717) is 16.3 Å². The Hall–Kier alpha value is -1.06. The van der Waals surface area contributed by atoms with Crippen LogP contribution in [0.1, 0.15) is 5.56 Å². The molecular weight excluding hydrogens is 319 g/mol. The van der Waals surface area contributed by atoms with Crippen LogP contribution in [0, 0.1) is 12.7 Å². The van der Waals surface area contributed by atoms with Crippen LogP contribution in [0.2, 0.25) is 5.02 Å². The van der Waals surface area contributed by atoms with Crippen molar-refractivity contribution >= 4 is 27.5 Å². The lowest BCUT2D eigenvalue weighted by atomic mass is 9.99. The third kappa shape index (κ3) is 2.38. The Morgan fingerprint density at radius 1 is 1.22 bits per heavy atom. The van der Waals surface area contributed by atoms with Gasteiger partial charge in [0.05, 0.1) is 17.1 Å². The Morgan fingerprint density at radius 3 is 2.56 bits per heavy atom. The first-order valence-corrected chi connectivity index (χ1v) is 6.50. The lowest BCUT2D eigenvalue weighted by molar-refractivity contribution is 0.410. The zero-order valence-electron chi connectivity index (χ0n) is 9.93. The number of aryl methyl sites for hydroxylation is 1. The summed E-state index contributed by atoms with van der Waals surface area (Å²) < 4.78 is 20.0. The summed E-state index contributed by atoms with van der Waals surface area (Å²) in [7, 11) is 1.52. The second-order valence-corrected chi connectivity index (χ2v) is 5.19. The van der Waals surface area contributed by atoms with Crippen molar-refractivity contribution in [1.82, 2.24) is 0 Å². The third-order valence-electron chi connectivity index (χ3n) is 2.72. The van der Waals surface area contributed by atoms with Gasteiger partial charge in [-0.25, -0.2) is 4.39 Å². The molecule has 2 aromatic rings. The lowest BCUT2D eigenvalue weighted by Gasteiger charge is -2.14. The molecule has 0 fully saturated rings. The van der Waals surface area contributed by atoms with Crippen LogP contribution in [0.5, 0.6) is 5.75 Å². The van der Waals surface area contributed by atoms with Crippen molar-refractivity contribution in [1.29, 1.82) is 0 Å². The van der Waals surface area contributed by atoms with Crippen molar-refractivity contribution < 1.29 is 9.13 Å². The first kappa shape index (κ1) is 13.4. The van der Waals surface area contributed by atoms with Crippen molar-refractivity contribution in [2.75, 3.05) is 7.11 Å². The molecule has 0 unspecified atom stereocenters. The lowest BCUT2D eigenvalue weighted by Crippen LogP contribution is -1.94. The van der Waals surface area contributed by atoms with E-state index in [1.165, 1.54) is 13.2 Å². The Morgan fingerprint density at radius 2 is 1.94 bits per heavy atom. The van der Waals surface area contributed by atoms with Gasteiger partial charge in [-0.3, -0.25) is 0 Å². The fraction of sp³-hybridized carbons (Fsp3) is 0.143. The average Bonchev–Trinajstić information content (AvgIpc) is 2.33. The smallest absolute Gasteiger partial charge is 0.143 e. The molecule has 0 amide bonds. The molecule has 4 heteroatoms. The molecule has 94 valence electrons. The summed E-state index contributed by atoms with van der Waals surface area (Å²) in [5.74, 6) is 0.167. The molecule has 0 aliphatic carbocycles. The van der Waals surface area contributed by atoms with Crippen molar-refractivity contribution in [3.63, 3.8) is 0 Å². The van der Waals surface area contributed by atoms with Crippen molar-refractivity contribution in [3.8, 4) is 16.9 Å². The number of benzene rings is 2. The Kier molecular flexibility index (Phi) is 3.93. The molecule has 0 radical (unpaired) electrons. The molecule has 2 aromatic carbocycles. The number of hydrogen-bond donors (Lipinski definition) is 0. The van der Waals surface area contributed by atoms with Gasteiger partial charge in [0.1, 0.15) is 11.6 Å². The predicted octanol–water partition coefficient (Wildman–Crippen LogP) is 5.23. The van der Waals surface area contributed by atoms with Gasteiger partial charge in [0.2, 0.25) is 0 Å². The first-order chi connectivity index (χ1) is 8.54. The molecule has 0 saturated heterocycles. The largest absolute Gasteiger partial charge is 0.495 e. The molecular formula is C14H11BrClFO. The van der Waals surface area contributed by atoms with Crippen LogP contribution in [0.3, 0.4) is 0 Å². The van der Waals surface area contributed by atoms with Crippen LogP contribution in [0.15, 0.2) is 34.8 Å². The van der Waals surface area contributed by atoms with E-state index in [9.17, 15) is 4.39 Å². The van der Waals surface area contributed by atoms with Crippen LogP contribution < -0.4 is 4.74 Å². The molecule has 0 N–H and O–H groups in total. The summed E-state index contributed by atoms with van der Waals surface area (Å²) in [5, 5.41) is 0.630. The molecule has 0 atom stereocenters. The number of rotatable bonds is 2. The summed E-state index contributed by atoms with van der Waals surface area (Å²) in [6.45, 7) is 1.89. The molecule has 0 spiro atoms. The monoisotopic (exact) mass is 328 g/mol. The van der Waals surface area contributed by atoms with Crippen LogP contribution in [0.25, 0.3) is 11.1 Å². The molecule has 0 aliphatic heterocycles. The average molecular weight is 330 g/mol. The van der Waals surface area contributed by atoms with Gasteiger partial charge in [0.25, 0.3) is 0 Å². The zero-order valence-corrected chi connectivity index (χ0v) is 12.3. The van der Waals surface area contributed by atoms with Crippen LogP contribution in [-0.4, -0.2) is 7.11 Å². The minimum absolute atomic E-state index is 0.319. The molecule has 0 bridgehead atoms. The predicted molar refractivity (Wildman–Crippen MR) is 75.8 cm³/mol. The quantitative estimate of drug-likeness (QED) is 0.733. The van der Waals surface area contributed by atoms with E-state index >= 15 is 0 Å². The molecule has 0 aliphatic rings. The first-order valence-electron chi connectivity index (χ1n) is 5.33. The van der Waals surface area contributed by atoms with Crippen molar-refractivity contribution in [3.05, 3.63) is 51.2 Å². The van der Waals surface area contributed by atoms with Crippen molar-refractivity contribution in [2.24, 2.45) is 0 Å². The van der Waals surface area contributed by atoms with Gasteiger partial charge >= 0.3 is 0 Å². The van der Waals surface area contributed by atoms with Gasteiger partial charge < -0.3 is 4.74 Å². The minimum Gasteiger partial charge on any atom is -0.495 e. The van der Waals surface area contributed by atoms with E-state index in [2.05, 4.69) is 15.9 Å². The summed E-state index contributed by atoms with van der Waals surface area (Å²) in [5.41, 5.74) is 2.12. The molecule has 1 nitrogen and oxygen atoms in total. The SMILES string of the molecule is COc1c(Br)ccc(F)c1-c1ccc(Cl)cc1C. The van der Waals surface area contributed by atoms with Gasteiger partial charge in [-0.15, -0.1) is 0 Å². The summed E-state index contributed by atoms with van der Waals surface area (Å²) in [6, 6.07) is 8.38. The third-order valence-corrected chi connectivity index (χ3v) is 3.58. The second-order valence-electron chi connectivity index (χ2n) is 3.90. The molecule has 0 aromatic heterocycles.